The first-order chi connectivity index (χ1) is 30.1. The number of carboxylic acids is 2. The Bertz CT molecular complexity index is 2830. The molecule has 3 aliphatic heterocycles. The van der Waals surface area contributed by atoms with Crippen molar-refractivity contribution in [1.82, 2.24) is 0 Å². The summed E-state index contributed by atoms with van der Waals surface area (Å²) >= 11 is 7.47. The number of fused-ring (bicyclic) bond motifs is 6. The van der Waals surface area contributed by atoms with Crippen LogP contribution in [0.25, 0.3) is 21.5 Å². The molecule has 0 fully saturated rings. The summed E-state index contributed by atoms with van der Waals surface area (Å²) in [5.74, 6) is -1.56. The summed E-state index contributed by atoms with van der Waals surface area (Å²) in [6.07, 6.45) is 13.5. The number of aliphatic carboxylic acids is 2. The van der Waals surface area contributed by atoms with Gasteiger partial charge in [-0.2, -0.15) is 13.0 Å². The van der Waals surface area contributed by atoms with E-state index in [9.17, 15) is 32.8 Å². The monoisotopic (exact) mass is 907 g/mol. The Morgan fingerprint density at radius 3 is 2.11 bits per heavy atom. The van der Waals surface area contributed by atoms with E-state index in [-0.39, 0.29) is 23.2 Å². The Kier molecular flexibility index (Phi) is 13.2. The number of carboxylic acid groups (broad SMARTS) is 2. The van der Waals surface area contributed by atoms with Crippen molar-refractivity contribution in [3.63, 3.8) is 0 Å². The molecule has 0 bridgehead atoms. The highest BCUT2D eigenvalue weighted by Gasteiger charge is 2.46. The van der Waals surface area contributed by atoms with Crippen LogP contribution in [0.15, 0.2) is 112 Å². The van der Waals surface area contributed by atoms with E-state index in [1.54, 1.807) is 6.07 Å². The van der Waals surface area contributed by atoms with Gasteiger partial charge in [-0.05, 0) is 110 Å². The van der Waals surface area contributed by atoms with Crippen LogP contribution < -0.4 is 4.90 Å². The molecule has 0 aromatic heterocycles. The minimum absolute atomic E-state index is 0.125. The van der Waals surface area contributed by atoms with Gasteiger partial charge >= 0.3 is 11.9 Å². The molecule has 0 saturated carbocycles. The molecule has 3 aliphatic rings. The largest absolute Gasteiger partial charge is 0.481 e. The number of anilines is 1. The smallest absolute Gasteiger partial charge is 0.303 e. The van der Waals surface area contributed by atoms with Gasteiger partial charge in [0.05, 0.1) is 29.4 Å². The van der Waals surface area contributed by atoms with Gasteiger partial charge in [-0.25, -0.2) is 0 Å². The molecule has 12 heteroatoms. The number of benzene rings is 4. The van der Waals surface area contributed by atoms with Gasteiger partial charge in [-0.1, -0.05) is 73.8 Å². The van der Waals surface area contributed by atoms with Crippen LogP contribution in [0.1, 0.15) is 95.8 Å². The molecule has 4 aromatic rings. The first-order valence-electron chi connectivity index (χ1n) is 22.4. The fourth-order valence-electron chi connectivity index (χ4n) is 10.3. The molecule has 4 aromatic carbocycles. The number of nitrogens with zero attached hydrogens (tertiary/aromatic N) is 3. The molecule has 0 spiro atoms. The zero-order valence-electron chi connectivity index (χ0n) is 38.2. The van der Waals surface area contributed by atoms with Crippen molar-refractivity contribution in [1.29, 1.82) is 0 Å². The highest BCUT2D eigenvalue weighted by atomic mass is 35.5. The lowest BCUT2D eigenvalue weighted by Gasteiger charge is -2.35. The molecule has 0 saturated heterocycles. The number of halogens is 1. The first-order valence-corrected chi connectivity index (χ1v) is 24.2. The summed E-state index contributed by atoms with van der Waals surface area (Å²) in [4.78, 5) is 24.7. The van der Waals surface area contributed by atoms with E-state index in [0.717, 1.165) is 77.3 Å². The number of carbonyl (C=O) groups is 2. The highest BCUT2D eigenvalue weighted by molar-refractivity contribution is 7.85. The predicted molar refractivity (Wildman–Crippen MR) is 258 cm³/mol. The zero-order valence-corrected chi connectivity index (χ0v) is 39.7. The standard InChI is InChI=1S/C52H60ClN3O7S/c1-34-16-22-40-35(30-34)17-24-42-48(40)51(2,3)44(54(42)28-12-8-10-14-46(57)58)26-19-37-32-56(6,7)33-38(50(37)53)20-27-45-52(4,5)49-41-23-21-39(64(61,62)63)31-36(41)18-25-43(49)55(45)29-13-9-11-15-47(59)60/h16-27,30-31H,8-15,28-29,32-33H2,1-7H3,(H-2,57,58,59,60,61,62,63)/p+2. The topological polar surface area (TPSA) is 135 Å². The fraction of sp³-hybridized carbons (Fsp3) is 0.404. The normalized spacial score (nSPS) is 19.2. The molecule has 0 aliphatic carbocycles. The lowest BCUT2D eigenvalue weighted by molar-refractivity contribution is -0.881. The maximum absolute atomic E-state index is 12.1. The molecule has 64 heavy (non-hydrogen) atoms. The summed E-state index contributed by atoms with van der Waals surface area (Å²) in [6.45, 7) is 13.9. The van der Waals surface area contributed by atoms with Crippen LogP contribution in [-0.4, -0.2) is 90.2 Å². The summed E-state index contributed by atoms with van der Waals surface area (Å²) in [6, 6.07) is 19.7. The number of hydrogen-bond acceptors (Lipinski definition) is 5. The second-order valence-corrected chi connectivity index (χ2v) is 21.3. The van der Waals surface area contributed by atoms with E-state index >= 15 is 0 Å². The molecule has 0 atom stereocenters. The zero-order chi connectivity index (χ0) is 46.4. The number of aryl methyl sites for hydroxylation is 1. The van der Waals surface area contributed by atoms with E-state index in [4.69, 9.17) is 11.6 Å². The lowest BCUT2D eigenvalue weighted by Crippen LogP contribution is -2.45. The van der Waals surface area contributed by atoms with Gasteiger partial charge in [0, 0.05) is 71.5 Å². The summed E-state index contributed by atoms with van der Waals surface area (Å²) in [7, 11) is 0.0391. The fourth-order valence-corrected chi connectivity index (χ4v) is 11.1. The van der Waals surface area contributed by atoms with Crippen LogP contribution in [0.3, 0.4) is 0 Å². The van der Waals surface area contributed by atoms with Crippen molar-refractivity contribution >= 4 is 72.3 Å². The Morgan fingerprint density at radius 2 is 1.42 bits per heavy atom. The van der Waals surface area contributed by atoms with Gasteiger partial charge in [0.25, 0.3) is 10.1 Å². The van der Waals surface area contributed by atoms with Gasteiger partial charge < -0.3 is 19.6 Å². The molecule has 0 amide bonds. The summed E-state index contributed by atoms with van der Waals surface area (Å²) in [5.41, 5.74) is 9.20. The average Bonchev–Trinajstić information content (AvgIpc) is 3.57. The van der Waals surface area contributed by atoms with Crippen molar-refractivity contribution < 1.29 is 41.8 Å². The number of allylic oxidation sites excluding steroid dienone is 4. The maximum Gasteiger partial charge on any atom is 0.303 e. The van der Waals surface area contributed by atoms with E-state index in [0.29, 0.717) is 35.8 Å². The minimum atomic E-state index is -4.39. The van der Waals surface area contributed by atoms with Gasteiger partial charge in [-0.3, -0.25) is 14.1 Å². The van der Waals surface area contributed by atoms with Crippen LogP contribution in [0.5, 0.6) is 0 Å². The second kappa shape index (κ2) is 18.1. The van der Waals surface area contributed by atoms with Crippen molar-refractivity contribution in [3.8, 4) is 0 Å². The van der Waals surface area contributed by atoms with Crippen molar-refractivity contribution in [2.75, 3.05) is 45.2 Å². The molecule has 7 rings (SSSR count). The third-order valence-electron chi connectivity index (χ3n) is 13.3. The Labute approximate surface area is 382 Å². The Balaban J connectivity index is 1.28. The molecule has 0 unspecified atom stereocenters. The Morgan fingerprint density at radius 1 is 0.781 bits per heavy atom. The SMILES string of the molecule is Cc1ccc2c3c(ccc2c1)[N+](CCCCCC(=O)O)=C(/C=C/C1=C(Cl)C(=C/C=C2/N(CCCCCC(=O)O)c4ccc5cc(S(=O)(=O)O)ccc5c4C2(C)C)/C[N+](C)(C)C1)C3(C)C. The van der Waals surface area contributed by atoms with E-state index in [2.05, 4.69) is 113 Å². The number of unbranched alkanes of at least 4 members (excludes halogenated alkanes) is 4. The van der Waals surface area contributed by atoms with Gasteiger partial charge in [0.1, 0.15) is 19.6 Å². The lowest BCUT2D eigenvalue weighted by atomic mass is 9.78. The minimum Gasteiger partial charge on any atom is -0.481 e. The molecule has 10 nitrogen and oxygen atoms in total. The molecule has 338 valence electrons. The van der Waals surface area contributed by atoms with Gasteiger partial charge in [0.2, 0.25) is 5.69 Å². The van der Waals surface area contributed by atoms with Crippen LogP contribution in [0.2, 0.25) is 0 Å². The molecular weight excluding hydrogens is 846 g/mol. The number of rotatable bonds is 16. The summed E-state index contributed by atoms with van der Waals surface area (Å²) in [5, 5.41) is 23.3. The quantitative estimate of drug-likeness (QED) is 0.0438. The molecule has 3 heterocycles. The maximum atomic E-state index is 12.1. The van der Waals surface area contributed by atoms with Crippen LogP contribution >= 0.6 is 11.6 Å². The average molecular weight is 909 g/mol. The highest BCUT2D eigenvalue weighted by Crippen LogP contribution is 2.51. The molecular formula is C52H62ClN3O7S+2. The third kappa shape index (κ3) is 9.50. The predicted octanol–water partition coefficient (Wildman–Crippen LogP) is 11.0. The number of hydrogen-bond donors (Lipinski definition) is 3. The van der Waals surface area contributed by atoms with E-state index in [1.807, 2.05) is 12.1 Å². The van der Waals surface area contributed by atoms with Crippen molar-refractivity contribution in [2.24, 2.45) is 0 Å². The first kappa shape index (κ1) is 46.9. The molecule has 3 N–H and O–H groups in total. The van der Waals surface area contributed by atoms with Crippen LogP contribution in [-0.2, 0) is 30.5 Å². The van der Waals surface area contributed by atoms with E-state index in [1.165, 1.54) is 45.4 Å². The van der Waals surface area contributed by atoms with Crippen molar-refractivity contribution in [3.05, 3.63) is 124 Å². The second-order valence-electron chi connectivity index (χ2n) is 19.5. The van der Waals surface area contributed by atoms with Gasteiger partial charge in [-0.15, -0.1) is 0 Å². The van der Waals surface area contributed by atoms with Crippen LogP contribution in [0.4, 0.5) is 11.4 Å². The van der Waals surface area contributed by atoms with Crippen LogP contribution in [0, 0.1) is 6.92 Å². The molecule has 0 radical (unpaired) electrons. The number of likely N-dealkylation sites (N-methyl/N-ethyl adjacent to an activating group) is 1. The van der Waals surface area contributed by atoms with Gasteiger partial charge in [0.15, 0.2) is 5.71 Å². The van der Waals surface area contributed by atoms with Crippen molar-refractivity contribution in [2.45, 2.75) is 102 Å². The Hall–Kier alpha value is -5.07. The van der Waals surface area contributed by atoms with E-state index < -0.39 is 27.5 Å². The summed E-state index contributed by atoms with van der Waals surface area (Å²) < 4.78 is 37.1. The third-order valence-corrected chi connectivity index (χ3v) is 14.6. The number of quaternary nitrogens is 1.